The fourth-order valence-electron chi connectivity index (χ4n) is 4.19. The monoisotopic (exact) mass is 637 g/mol. The first kappa shape index (κ1) is 25.9. The molecule has 1 amide bonds. The molecule has 0 bridgehead atoms. The average molecular weight is 639 g/mol. The Morgan fingerprint density at radius 1 is 1.08 bits per heavy atom. The van der Waals surface area contributed by atoms with E-state index in [4.69, 9.17) is 9.15 Å². The van der Waals surface area contributed by atoms with Crippen molar-refractivity contribution in [3.63, 3.8) is 0 Å². The molecule has 0 unspecified atom stereocenters. The summed E-state index contributed by atoms with van der Waals surface area (Å²) in [5.41, 5.74) is 7.40. The Kier molecular flexibility index (Phi) is 7.49. The largest absolute Gasteiger partial charge is 0.489 e. The van der Waals surface area contributed by atoms with Gasteiger partial charge in [-0.3, -0.25) is 4.79 Å². The van der Waals surface area contributed by atoms with Crippen LogP contribution in [0.1, 0.15) is 33.1 Å². The van der Waals surface area contributed by atoms with Gasteiger partial charge in [-0.25, -0.2) is 9.82 Å². The zero-order valence-electron chi connectivity index (χ0n) is 20.5. The zero-order chi connectivity index (χ0) is 26.8. The Morgan fingerprint density at radius 3 is 2.61 bits per heavy atom. The quantitative estimate of drug-likeness (QED) is 0.146. The number of nitrogens with one attached hydrogen (secondary N) is 1. The maximum absolute atomic E-state index is 13.8. The van der Waals surface area contributed by atoms with Crippen LogP contribution in [-0.4, -0.2) is 16.7 Å². The summed E-state index contributed by atoms with van der Waals surface area (Å²) in [4.78, 5) is 12.6. The number of hydrazone groups is 1. The first-order valence-electron chi connectivity index (χ1n) is 11.7. The predicted octanol–water partition coefficient (Wildman–Crippen LogP) is 7.85. The number of carbonyl (C=O) groups is 1. The van der Waals surface area contributed by atoms with Crippen molar-refractivity contribution in [1.82, 2.24) is 9.99 Å². The molecule has 0 radical (unpaired) electrons. The Hall–Kier alpha value is -3.69. The van der Waals surface area contributed by atoms with E-state index in [1.165, 1.54) is 6.07 Å². The summed E-state index contributed by atoms with van der Waals surface area (Å²) in [6, 6.07) is 21.5. The topological polar surface area (TPSA) is 68.8 Å². The molecule has 38 heavy (non-hydrogen) atoms. The average Bonchev–Trinajstić information content (AvgIpc) is 3.44. The van der Waals surface area contributed by atoms with Gasteiger partial charge in [0.05, 0.1) is 10.7 Å². The first-order chi connectivity index (χ1) is 18.3. The molecule has 0 saturated heterocycles. The van der Waals surface area contributed by atoms with Crippen LogP contribution in [-0.2, 0) is 6.61 Å². The Balaban J connectivity index is 1.26. The molecule has 0 aliphatic heterocycles. The molecule has 6 nitrogen and oxygen atoms in total. The molecule has 2 aromatic heterocycles. The Morgan fingerprint density at radius 2 is 1.84 bits per heavy atom. The van der Waals surface area contributed by atoms with E-state index in [-0.39, 0.29) is 18.2 Å². The van der Waals surface area contributed by atoms with Crippen molar-refractivity contribution in [2.75, 3.05) is 0 Å². The molecule has 0 aliphatic rings. The number of halogens is 3. The van der Waals surface area contributed by atoms with Crippen molar-refractivity contribution in [2.45, 2.75) is 20.5 Å². The predicted molar refractivity (Wildman–Crippen MR) is 153 cm³/mol. The van der Waals surface area contributed by atoms with E-state index in [1.807, 2.05) is 56.3 Å². The van der Waals surface area contributed by atoms with Gasteiger partial charge in [-0.05, 0) is 84.4 Å². The van der Waals surface area contributed by atoms with Crippen molar-refractivity contribution < 1.29 is 18.3 Å². The number of hydrogen-bond donors (Lipinski definition) is 1. The van der Waals surface area contributed by atoms with Crippen molar-refractivity contribution in [3.05, 3.63) is 116 Å². The standard InChI is InChI=1S/C29H22Br2FN3O3/c1-17-11-21(15-33-34-29(36)27-13-20-12-22(30)14-25(31)28(20)38-27)18(2)35(17)23-7-9-24(10-8-23)37-16-19-5-3-4-6-26(19)32/h3-15H,16H2,1-2H3,(H,34,36)/b33-15-. The summed E-state index contributed by atoms with van der Waals surface area (Å²) in [5.74, 6) is 0.0833. The molecule has 0 aliphatic carbocycles. The van der Waals surface area contributed by atoms with E-state index in [0.717, 1.165) is 37.0 Å². The highest BCUT2D eigenvalue weighted by molar-refractivity contribution is 9.11. The van der Waals surface area contributed by atoms with Crippen molar-refractivity contribution >= 4 is 55.0 Å². The molecule has 192 valence electrons. The summed E-state index contributed by atoms with van der Waals surface area (Å²) in [6.07, 6.45) is 1.61. The lowest BCUT2D eigenvalue weighted by Gasteiger charge is -2.12. The lowest BCUT2D eigenvalue weighted by molar-refractivity contribution is 0.0929. The normalized spacial score (nSPS) is 11.4. The third kappa shape index (κ3) is 5.44. The minimum absolute atomic E-state index is 0.156. The highest BCUT2D eigenvalue weighted by Crippen LogP contribution is 2.31. The third-order valence-corrected chi connectivity index (χ3v) is 7.09. The maximum Gasteiger partial charge on any atom is 0.307 e. The van der Waals surface area contributed by atoms with Gasteiger partial charge < -0.3 is 13.7 Å². The molecule has 2 heterocycles. The lowest BCUT2D eigenvalue weighted by Crippen LogP contribution is -2.16. The second kappa shape index (κ2) is 11.0. The number of ether oxygens (including phenoxy) is 1. The summed E-state index contributed by atoms with van der Waals surface area (Å²) in [6.45, 7) is 4.13. The van der Waals surface area contributed by atoms with Crippen LogP contribution in [0.15, 0.2) is 91.3 Å². The molecular formula is C29H22Br2FN3O3. The highest BCUT2D eigenvalue weighted by Gasteiger charge is 2.15. The van der Waals surface area contributed by atoms with E-state index in [1.54, 1.807) is 30.5 Å². The Labute approximate surface area is 235 Å². The minimum atomic E-state index is -0.444. The van der Waals surface area contributed by atoms with Crippen molar-refractivity contribution in [1.29, 1.82) is 0 Å². The summed E-state index contributed by atoms with van der Waals surface area (Å²) >= 11 is 6.88. The minimum Gasteiger partial charge on any atom is -0.489 e. The fourth-order valence-corrected chi connectivity index (χ4v) is 5.53. The van der Waals surface area contributed by atoms with Gasteiger partial charge in [0.25, 0.3) is 0 Å². The smallest absolute Gasteiger partial charge is 0.307 e. The van der Waals surface area contributed by atoms with Crippen LogP contribution in [0.3, 0.4) is 0 Å². The second-order valence-electron chi connectivity index (χ2n) is 8.65. The number of carbonyl (C=O) groups excluding carboxylic acids is 1. The van der Waals surface area contributed by atoms with E-state index in [2.05, 4.69) is 47.0 Å². The number of aryl methyl sites for hydroxylation is 1. The highest BCUT2D eigenvalue weighted by atomic mass is 79.9. The molecular weight excluding hydrogens is 617 g/mol. The second-order valence-corrected chi connectivity index (χ2v) is 10.4. The molecule has 0 spiro atoms. The molecule has 1 N–H and O–H groups in total. The number of hydrogen-bond acceptors (Lipinski definition) is 4. The molecule has 0 atom stereocenters. The van der Waals surface area contributed by atoms with Gasteiger partial charge in [0.15, 0.2) is 5.76 Å². The van der Waals surface area contributed by atoms with Crippen LogP contribution >= 0.6 is 31.9 Å². The van der Waals surface area contributed by atoms with Crippen LogP contribution in [0.2, 0.25) is 0 Å². The van der Waals surface area contributed by atoms with Gasteiger partial charge in [0.2, 0.25) is 0 Å². The van der Waals surface area contributed by atoms with Gasteiger partial charge in [0, 0.05) is 38.1 Å². The molecule has 5 rings (SSSR count). The third-order valence-electron chi connectivity index (χ3n) is 6.05. The van der Waals surface area contributed by atoms with Gasteiger partial charge in [0.1, 0.15) is 23.8 Å². The van der Waals surface area contributed by atoms with Crippen molar-refractivity contribution in [3.8, 4) is 11.4 Å². The van der Waals surface area contributed by atoms with Crippen LogP contribution in [0.5, 0.6) is 5.75 Å². The summed E-state index contributed by atoms with van der Waals surface area (Å²) < 4.78 is 29.0. The van der Waals surface area contributed by atoms with Crippen LogP contribution in [0.4, 0.5) is 4.39 Å². The number of amides is 1. The summed E-state index contributed by atoms with van der Waals surface area (Å²) in [5, 5.41) is 4.94. The first-order valence-corrected chi connectivity index (χ1v) is 13.3. The SMILES string of the molecule is Cc1cc(/C=N\NC(=O)c2cc3cc(Br)cc(Br)c3o2)c(C)n1-c1ccc(OCc2ccccc2F)cc1. The van der Waals surface area contributed by atoms with Crippen molar-refractivity contribution in [2.24, 2.45) is 5.10 Å². The number of furan rings is 1. The Bertz CT molecular complexity index is 1670. The molecule has 9 heteroatoms. The molecule has 5 aromatic rings. The van der Waals surface area contributed by atoms with Gasteiger partial charge in [-0.2, -0.15) is 5.10 Å². The van der Waals surface area contributed by atoms with Gasteiger partial charge in [-0.1, -0.05) is 34.1 Å². The van der Waals surface area contributed by atoms with E-state index < -0.39 is 5.91 Å². The van der Waals surface area contributed by atoms with Gasteiger partial charge in [-0.15, -0.1) is 0 Å². The molecule has 0 fully saturated rings. The number of aromatic nitrogens is 1. The number of rotatable bonds is 7. The van der Waals surface area contributed by atoms with Crippen LogP contribution in [0.25, 0.3) is 16.7 Å². The summed E-state index contributed by atoms with van der Waals surface area (Å²) in [7, 11) is 0. The number of fused-ring (bicyclic) bond motifs is 1. The van der Waals surface area contributed by atoms with Crippen LogP contribution < -0.4 is 10.2 Å². The molecule has 3 aromatic carbocycles. The van der Waals surface area contributed by atoms with E-state index in [9.17, 15) is 9.18 Å². The lowest BCUT2D eigenvalue weighted by atomic mass is 10.2. The van der Waals surface area contributed by atoms with E-state index >= 15 is 0 Å². The van der Waals surface area contributed by atoms with Crippen LogP contribution in [0, 0.1) is 19.7 Å². The fraction of sp³-hybridized carbons (Fsp3) is 0.103. The molecule has 0 saturated carbocycles. The van der Waals surface area contributed by atoms with E-state index in [0.29, 0.717) is 16.9 Å². The zero-order valence-corrected chi connectivity index (χ0v) is 23.6. The van der Waals surface area contributed by atoms with Gasteiger partial charge >= 0.3 is 5.91 Å². The number of nitrogens with zero attached hydrogens (tertiary/aromatic N) is 2. The number of benzene rings is 3. The maximum atomic E-state index is 13.8.